The summed E-state index contributed by atoms with van der Waals surface area (Å²) in [4.78, 5) is 7.43. The topological polar surface area (TPSA) is 47.0 Å². The lowest BCUT2D eigenvalue weighted by atomic mass is 10.0. The Morgan fingerprint density at radius 2 is 2.27 bits per heavy atom. The van der Waals surface area contributed by atoms with Gasteiger partial charge in [0.05, 0.1) is 6.20 Å². The predicted octanol–water partition coefficient (Wildman–Crippen LogP) is 1.45. The molecule has 2 rings (SSSR count). The third-order valence-electron chi connectivity index (χ3n) is 2.57. The van der Waals surface area contributed by atoms with E-state index in [4.69, 9.17) is 4.74 Å². The molecule has 1 aliphatic rings. The van der Waals surface area contributed by atoms with E-state index in [-0.39, 0.29) is 5.82 Å². The van der Waals surface area contributed by atoms with Gasteiger partial charge in [-0.05, 0) is 18.8 Å². The first-order valence-electron chi connectivity index (χ1n) is 5.13. The summed E-state index contributed by atoms with van der Waals surface area (Å²) in [5.74, 6) is 0.439. The van der Waals surface area contributed by atoms with Crippen molar-refractivity contribution in [3.8, 4) is 0 Å². The number of rotatable bonds is 3. The molecule has 82 valence electrons. The third-order valence-corrected chi connectivity index (χ3v) is 2.57. The van der Waals surface area contributed by atoms with E-state index >= 15 is 0 Å². The summed E-state index contributed by atoms with van der Waals surface area (Å²) in [5, 5.41) is 3.00. The molecule has 1 fully saturated rings. The molecule has 0 atom stereocenters. The van der Waals surface area contributed by atoms with Crippen LogP contribution in [0.15, 0.2) is 12.5 Å². The van der Waals surface area contributed by atoms with E-state index in [1.54, 1.807) is 0 Å². The van der Waals surface area contributed by atoms with Crippen LogP contribution in [0.3, 0.4) is 0 Å². The lowest BCUT2D eigenvalue weighted by Gasteiger charge is -2.22. The van der Waals surface area contributed by atoms with Gasteiger partial charge in [0, 0.05) is 19.8 Å². The highest BCUT2D eigenvalue weighted by Crippen LogP contribution is 2.16. The molecule has 0 spiro atoms. The highest BCUT2D eigenvalue weighted by atomic mass is 19.1. The molecule has 1 N–H and O–H groups in total. The number of aromatic nitrogens is 2. The van der Waals surface area contributed by atoms with Gasteiger partial charge in [0.15, 0.2) is 11.6 Å². The second kappa shape index (κ2) is 5.02. The predicted molar refractivity (Wildman–Crippen MR) is 54.0 cm³/mol. The lowest BCUT2D eigenvalue weighted by Crippen LogP contribution is -2.23. The van der Waals surface area contributed by atoms with Crippen LogP contribution >= 0.6 is 0 Å². The van der Waals surface area contributed by atoms with E-state index in [1.807, 2.05) is 0 Å². The Kier molecular flexibility index (Phi) is 3.45. The number of nitrogens with one attached hydrogen (secondary N) is 1. The summed E-state index contributed by atoms with van der Waals surface area (Å²) in [5.41, 5.74) is 0. The van der Waals surface area contributed by atoms with E-state index in [1.165, 1.54) is 12.5 Å². The molecule has 0 amide bonds. The first-order chi connectivity index (χ1) is 7.36. The normalized spacial score (nSPS) is 17.7. The highest BCUT2D eigenvalue weighted by Gasteiger charge is 2.14. The molecule has 15 heavy (non-hydrogen) atoms. The number of hydrogen-bond acceptors (Lipinski definition) is 4. The molecule has 1 aromatic rings. The maximum atomic E-state index is 13.1. The molecule has 1 aromatic heterocycles. The first-order valence-corrected chi connectivity index (χ1v) is 5.13. The number of ether oxygens (including phenoxy) is 1. The fourth-order valence-electron chi connectivity index (χ4n) is 1.63. The zero-order valence-corrected chi connectivity index (χ0v) is 8.45. The van der Waals surface area contributed by atoms with Crippen LogP contribution in [0.2, 0.25) is 0 Å². The van der Waals surface area contributed by atoms with E-state index in [0.717, 1.165) is 32.6 Å². The van der Waals surface area contributed by atoms with Crippen LogP contribution in [0.1, 0.15) is 12.8 Å². The molecule has 0 radical (unpaired) electrons. The van der Waals surface area contributed by atoms with E-state index < -0.39 is 5.82 Å². The standard InChI is InChI=1S/C10H14FN3O/c11-9-6-12-7-14-10(9)13-5-8-1-3-15-4-2-8/h6-8H,1-5H2,(H,12,13,14). The minimum absolute atomic E-state index is 0.288. The van der Waals surface area contributed by atoms with Crippen LogP contribution in [0.25, 0.3) is 0 Å². The molecular formula is C10H14FN3O. The van der Waals surface area contributed by atoms with Gasteiger partial charge in [0.1, 0.15) is 6.33 Å². The smallest absolute Gasteiger partial charge is 0.183 e. The molecular weight excluding hydrogens is 197 g/mol. The summed E-state index contributed by atoms with van der Waals surface area (Å²) in [7, 11) is 0. The van der Waals surface area contributed by atoms with Crippen LogP contribution in [0.4, 0.5) is 10.2 Å². The van der Waals surface area contributed by atoms with Gasteiger partial charge in [-0.15, -0.1) is 0 Å². The van der Waals surface area contributed by atoms with Crippen LogP contribution in [-0.4, -0.2) is 29.7 Å². The van der Waals surface area contributed by atoms with Crippen molar-refractivity contribution in [2.24, 2.45) is 5.92 Å². The third kappa shape index (κ3) is 2.86. The van der Waals surface area contributed by atoms with Crippen molar-refractivity contribution in [1.82, 2.24) is 9.97 Å². The van der Waals surface area contributed by atoms with Crippen molar-refractivity contribution < 1.29 is 9.13 Å². The first kappa shape index (κ1) is 10.3. The Bertz CT molecular complexity index is 315. The van der Waals surface area contributed by atoms with Crippen LogP contribution in [0, 0.1) is 11.7 Å². The zero-order chi connectivity index (χ0) is 10.5. The zero-order valence-electron chi connectivity index (χ0n) is 8.45. The van der Waals surface area contributed by atoms with Gasteiger partial charge < -0.3 is 10.1 Å². The minimum Gasteiger partial charge on any atom is -0.381 e. The number of hydrogen-bond donors (Lipinski definition) is 1. The van der Waals surface area contributed by atoms with E-state index in [9.17, 15) is 4.39 Å². The van der Waals surface area contributed by atoms with Gasteiger partial charge in [0.2, 0.25) is 0 Å². The Morgan fingerprint density at radius 1 is 1.47 bits per heavy atom. The Balaban J connectivity index is 1.84. The summed E-state index contributed by atoms with van der Waals surface area (Å²) in [6.07, 6.45) is 4.56. The summed E-state index contributed by atoms with van der Waals surface area (Å²) in [6.45, 7) is 2.36. The monoisotopic (exact) mass is 211 g/mol. The second-order valence-electron chi connectivity index (χ2n) is 3.66. The average Bonchev–Trinajstić information content (AvgIpc) is 2.29. The van der Waals surface area contributed by atoms with Gasteiger partial charge >= 0.3 is 0 Å². The van der Waals surface area contributed by atoms with Gasteiger partial charge in [-0.2, -0.15) is 0 Å². The summed E-state index contributed by atoms with van der Waals surface area (Å²) < 4.78 is 18.4. The van der Waals surface area contributed by atoms with Crippen LogP contribution in [0.5, 0.6) is 0 Å². The molecule has 0 aliphatic carbocycles. The maximum absolute atomic E-state index is 13.1. The van der Waals surface area contributed by atoms with Crippen molar-refractivity contribution in [2.75, 3.05) is 25.1 Å². The van der Waals surface area contributed by atoms with Crippen LogP contribution < -0.4 is 5.32 Å². The van der Waals surface area contributed by atoms with Gasteiger partial charge in [-0.1, -0.05) is 0 Å². The van der Waals surface area contributed by atoms with E-state index in [2.05, 4.69) is 15.3 Å². The fourth-order valence-corrected chi connectivity index (χ4v) is 1.63. The van der Waals surface area contributed by atoms with Crippen molar-refractivity contribution in [2.45, 2.75) is 12.8 Å². The quantitative estimate of drug-likeness (QED) is 0.822. The molecule has 0 unspecified atom stereocenters. The number of halogens is 1. The van der Waals surface area contributed by atoms with Gasteiger partial charge in [0.25, 0.3) is 0 Å². The Hall–Kier alpha value is -1.23. The largest absolute Gasteiger partial charge is 0.381 e. The van der Waals surface area contributed by atoms with Gasteiger partial charge in [-0.3, -0.25) is 0 Å². The number of nitrogens with zero attached hydrogens (tertiary/aromatic N) is 2. The Morgan fingerprint density at radius 3 is 3.00 bits per heavy atom. The summed E-state index contributed by atoms with van der Waals surface area (Å²) >= 11 is 0. The number of anilines is 1. The van der Waals surface area contributed by atoms with Crippen molar-refractivity contribution >= 4 is 5.82 Å². The SMILES string of the molecule is Fc1cncnc1NCC1CCOCC1. The van der Waals surface area contributed by atoms with Crippen LogP contribution in [-0.2, 0) is 4.74 Å². The molecule has 5 heteroatoms. The fraction of sp³-hybridized carbons (Fsp3) is 0.600. The molecule has 0 saturated carbocycles. The van der Waals surface area contributed by atoms with E-state index in [0.29, 0.717) is 5.92 Å². The maximum Gasteiger partial charge on any atom is 0.183 e. The molecule has 0 aromatic carbocycles. The second-order valence-corrected chi connectivity index (χ2v) is 3.66. The summed E-state index contributed by atoms with van der Waals surface area (Å²) in [6, 6.07) is 0. The molecule has 0 bridgehead atoms. The molecule has 2 heterocycles. The van der Waals surface area contributed by atoms with Crippen molar-refractivity contribution in [1.29, 1.82) is 0 Å². The highest BCUT2D eigenvalue weighted by molar-refractivity contribution is 5.33. The molecule has 1 saturated heterocycles. The molecule has 1 aliphatic heterocycles. The molecule has 4 nitrogen and oxygen atoms in total. The van der Waals surface area contributed by atoms with Crippen molar-refractivity contribution in [3.05, 3.63) is 18.3 Å². The lowest BCUT2D eigenvalue weighted by molar-refractivity contribution is 0.0699. The van der Waals surface area contributed by atoms with Gasteiger partial charge in [-0.25, -0.2) is 14.4 Å². The average molecular weight is 211 g/mol. The minimum atomic E-state index is -0.399. The van der Waals surface area contributed by atoms with Crippen molar-refractivity contribution in [3.63, 3.8) is 0 Å². The Labute approximate surface area is 87.9 Å².